The Labute approximate surface area is 135 Å². The molecule has 2 aromatic rings. The molecule has 23 heavy (non-hydrogen) atoms. The number of ether oxygens (including phenoxy) is 1. The van der Waals surface area contributed by atoms with E-state index >= 15 is 0 Å². The summed E-state index contributed by atoms with van der Waals surface area (Å²) < 4.78 is 5.75. The number of carbonyl (C=O) groups is 2. The van der Waals surface area contributed by atoms with Crippen LogP contribution in [0.15, 0.2) is 48.5 Å². The van der Waals surface area contributed by atoms with Crippen molar-refractivity contribution in [3.05, 3.63) is 59.7 Å². The van der Waals surface area contributed by atoms with Gasteiger partial charge in [0.2, 0.25) is 5.91 Å². The van der Waals surface area contributed by atoms with Gasteiger partial charge in [0.1, 0.15) is 5.75 Å². The molecule has 0 saturated carbocycles. The summed E-state index contributed by atoms with van der Waals surface area (Å²) in [5, 5.41) is 2.78. The van der Waals surface area contributed by atoms with Crippen molar-refractivity contribution in [2.45, 2.75) is 26.4 Å². The number of nitrogens with one attached hydrogen (secondary N) is 1. The summed E-state index contributed by atoms with van der Waals surface area (Å²) in [6, 6.07) is 14.0. The first kappa shape index (κ1) is 16.5. The minimum absolute atomic E-state index is 0.235. The number of anilines is 1. The molecule has 0 fully saturated rings. The molecule has 2 amide bonds. The van der Waals surface area contributed by atoms with Gasteiger partial charge in [-0.2, -0.15) is 0 Å². The molecule has 1 atom stereocenters. The Morgan fingerprint density at radius 3 is 2.43 bits per heavy atom. The third-order valence-electron chi connectivity index (χ3n) is 3.37. The lowest BCUT2D eigenvalue weighted by molar-refractivity contribution is -0.122. The van der Waals surface area contributed by atoms with Gasteiger partial charge in [-0.1, -0.05) is 19.1 Å². The van der Waals surface area contributed by atoms with Crippen LogP contribution in [0.5, 0.6) is 5.75 Å². The lowest BCUT2D eigenvalue weighted by atomic mass is 10.2. The van der Waals surface area contributed by atoms with Crippen molar-refractivity contribution >= 4 is 17.5 Å². The predicted octanol–water partition coefficient (Wildman–Crippen LogP) is 2.89. The van der Waals surface area contributed by atoms with E-state index in [1.165, 1.54) is 0 Å². The summed E-state index contributed by atoms with van der Waals surface area (Å²) in [6.07, 6.45) is -0.0494. The molecule has 0 radical (unpaired) electrons. The molecule has 0 spiro atoms. The van der Waals surface area contributed by atoms with E-state index in [-0.39, 0.29) is 5.91 Å². The molecule has 120 valence electrons. The average molecular weight is 312 g/mol. The van der Waals surface area contributed by atoms with Crippen molar-refractivity contribution in [2.75, 3.05) is 5.32 Å². The van der Waals surface area contributed by atoms with E-state index in [2.05, 4.69) is 5.32 Å². The van der Waals surface area contributed by atoms with Crippen molar-refractivity contribution in [3.63, 3.8) is 0 Å². The number of nitrogens with two attached hydrogens (primary N) is 1. The Morgan fingerprint density at radius 2 is 1.87 bits per heavy atom. The topological polar surface area (TPSA) is 81.4 Å². The molecule has 0 unspecified atom stereocenters. The standard InChI is InChI=1S/C18H20N2O3/c1-3-16(23-15-6-4-5-12(2)11-15)18(22)20-14-9-7-13(8-10-14)17(19)21/h4-11,16H,3H2,1-2H3,(H2,19,21)(H,20,22)/t16-/m0/s1. The number of rotatable bonds is 6. The first-order chi connectivity index (χ1) is 11.0. The number of benzene rings is 2. The van der Waals surface area contributed by atoms with Crippen molar-refractivity contribution in [3.8, 4) is 5.75 Å². The molecule has 0 heterocycles. The third kappa shape index (κ3) is 4.57. The highest BCUT2D eigenvalue weighted by molar-refractivity contribution is 5.96. The lowest BCUT2D eigenvalue weighted by Crippen LogP contribution is -2.32. The minimum Gasteiger partial charge on any atom is -0.481 e. The molecule has 5 heteroatoms. The number of carbonyl (C=O) groups excluding carboxylic acids is 2. The van der Waals surface area contributed by atoms with Gasteiger partial charge in [-0.3, -0.25) is 9.59 Å². The van der Waals surface area contributed by atoms with Crippen molar-refractivity contribution in [1.82, 2.24) is 0 Å². The summed E-state index contributed by atoms with van der Waals surface area (Å²) in [4.78, 5) is 23.4. The molecule has 0 aliphatic carbocycles. The molecule has 5 nitrogen and oxygen atoms in total. The molecular formula is C18H20N2O3. The lowest BCUT2D eigenvalue weighted by Gasteiger charge is -2.17. The maximum Gasteiger partial charge on any atom is 0.265 e. The molecule has 3 N–H and O–H groups in total. The Bertz CT molecular complexity index is 696. The fourth-order valence-electron chi connectivity index (χ4n) is 2.12. The van der Waals surface area contributed by atoms with E-state index in [0.717, 1.165) is 5.56 Å². The van der Waals surface area contributed by atoms with Crippen molar-refractivity contribution in [2.24, 2.45) is 5.73 Å². The maximum absolute atomic E-state index is 12.3. The SMILES string of the molecule is CC[C@H](Oc1cccc(C)c1)C(=O)Nc1ccc(C(N)=O)cc1. The predicted molar refractivity (Wildman–Crippen MR) is 89.5 cm³/mol. The molecule has 0 aliphatic heterocycles. The summed E-state index contributed by atoms with van der Waals surface area (Å²) in [5.74, 6) is -0.0750. The van der Waals surface area contributed by atoms with E-state index < -0.39 is 12.0 Å². The second-order valence-corrected chi connectivity index (χ2v) is 5.26. The summed E-state index contributed by atoms with van der Waals surface area (Å²) in [5.41, 5.74) is 7.24. The van der Waals surface area contributed by atoms with Crippen LogP contribution in [-0.2, 0) is 4.79 Å². The van der Waals surface area contributed by atoms with Crippen LogP contribution in [-0.4, -0.2) is 17.9 Å². The quantitative estimate of drug-likeness (QED) is 0.860. The Morgan fingerprint density at radius 1 is 1.17 bits per heavy atom. The van der Waals surface area contributed by atoms with Gasteiger partial charge < -0.3 is 15.8 Å². The number of aryl methyl sites for hydroxylation is 1. The van der Waals surface area contributed by atoms with Crippen molar-refractivity contribution in [1.29, 1.82) is 0 Å². The van der Waals surface area contributed by atoms with Crippen LogP contribution in [0.3, 0.4) is 0 Å². The second kappa shape index (κ2) is 7.45. The zero-order valence-corrected chi connectivity index (χ0v) is 13.2. The van der Waals surface area contributed by atoms with Gasteiger partial charge in [0.15, 0.2) is 6.10 Å². The van der Waals surface area contributed by atoms with Gasteiger partial charge in [0.25, 0.3) is 5.91 Å². The minimum atomic E-state index is -0.590. The van der Waals surface area contributed by atoms with E-state index in [4.69, 9.17) is 10.5 Å². The van der Waals surface area contributed by atoms with Gasteiger partial charge >= 0.3 is 0 Å². The summed E-state index contributed by atoms with van der Waals surface area (Å²) in [7, 11) is 0. The molecular weight excluding hydrogens is 292 g/mol. The van der Waals surface area contributed by atoms with Crippen LogP contribution in [0.25, 0.3) is 0 Å². The fourth-order valence-corrected chi connectivity index (χ4v) is 2.12. The number of primary amides is 1. The van der Waals surface area contributed by atoms with E-state index in [1.807, 2.05) is 38.1 Å². The molecule has 0 aromatic heterocycles. The van der Waals surface area contributed by atoms with Crippen LogP contribution in [0.1, 0.15) is 29.3 Å². The highest BCUT2D eigenvalue weighted by Crippen LogP contribution is 2.17. The van der Waals surface area contributed by atoms with Crippen LogP contribution >= 0.6 is 0 Å². The van der Waals surface area contributed by atoms with Gasteiger partial charge in [-0.25, -0.2) is 0 Å². The first-order valence-electron chi connectivity index (χ1n) is 7.43. The normalized spacial score (nSPS) is 11.6. The number of hydrogen-bond donors (Lipinski definition) is 2. The summed E-state index contributed by atoms with van der Waals surface area (Å²) in [6.45, 7) is 3.85. The van der Waals surface area contributed by atoms with E-state index in [1.54, 1.807) is 24.3 Å². The largest absolute Gasteiger partial charge is 0.481 e. The highest BCUT2D eigenvalue weighted by atomic mass is 16.5. The van der Waals surface area contributed by atoms with Crippen LogP contribution in [0, 0.1) is 6.92 Å². The van der Waals surface area contributed by atoms with Crippen LogP contribution in [0.4, 0.5) is 5.69 Å². The Balaban J connectivity index is 2.03. The first-order valence-corrected chi connectivity index (χ1v) is 7.43. The molecule has 2 aromatic carbocycles. The second-order valence-electron chi connectivity index (χ2n) is 5.26. The molecule has 2 rings (SSSR count). The van der Waals surface area contributed by atoms with Gasteiger partial charge in [-0.05, 0) is 55.3 Å². The zero-order valence-electron chi connectivity index (χ0n) is 13.2. The van der Waals surface area contributed by atoms with Gasteiger partial charge in [0, 0.05) is 11.3 Å². The average Bonchev–Trinajstić information content (AvgIpc) is 2.53. The molecule has 0 saturated heterocycles. The van der Waals surface area contributed by atoms with E-state index in [9.17, 15) is 9.59 Å². The molecule has 0 aliphatic rings. The van der Waals surface area contributed by atoms with E-state index in [0.29, 0.717) is 23.4 Å². The van der Waals surface area contributed by atoms with Crippen LogP contribution in [0.2, 0.25) is 0 Å². The Hall–Kier alpha value is -2.82. The highest BCUT2D eigenvalue weighted by Gasteiger charge is 2.18. The van der Waals surface area contributed by atoms with Crippen molar-refractivity contribution < 1.29 is 14.3 Å². The molecule has 0 bridgehead atoms. The third-order valence-corrected chi connectivity index (χ3v) is 3.37. The smallest absolute Gasteiger partial charge is 0.265 e. The fraction of sp³-hybridized carbons (Fsp3) is 0.222. The summed E-state index contributed by atoms with van der Waals surface area (Å²) >= 11 is 0. The monoisotopic (exact) mass is 312 g/mol. The van der Waals surface area contributed by atoms with Gasteiger partial charge in [-0.15, -0.1) is 0 Å². The Kier molecular flexibility index (Phi) is 5.36. The maximum atomic E-state index is 12.3. The zero-order chi connectivity index (χ0) is 16.8. The van der Waals surface area contributed by atoms with Crippen LogP contribution < -0.4 is 15.8 Å². The van der Waals surface area contributed by atoms with Gasteiger partial charge in [0.05, 0.1) is 0 Å². The number of amides is 2. The number of hydrogen-bond acceptors (Lipinski definition) is 3.